The molecule has 1 atom stereocenters. The molecule has 1 heterocycles. The average Bonchev–Trinajstić information content (AvgIpc) is 2.87. The summed E-state index contributed by atoms with van der Waals surface area (Å²) >= 11 is 0. The Balaban J connectivity index is 2.23. The van der Waals surface area contributed by atoms with Gasteiger partial charge in [-0.15, -0.1) is 0 Å². The molecule has 0 bridgehead atoms. The van der Waals surface area contributed by atoms with E-state index in [0.29, 0.717) is 5.56 Å². The molecule has 1 aromatic heterocycles. The molecule has 0 N–H and O–H groups in total. The molecule has 106 valence electrons. The number of rotatable bonds is 5. The van der Waals surface area contributed by atoms with Gasteiger partial charge in [-0.05, 0) is 6.92 Å². The van der Waals surface area contributed by atoms with Gasteiger partial charge in [0.2, 0.25) is 0 Å². The highest BCUT2D eigenvalue weighted by Crippen LogP contribution is 2.23. The van der Waals surface area contributed by atoms with E-state index in [2.05, 4.69) is 5.10 Å². The van der Waals surface area contributed by atoms with Crippen molar-refractivity contribution in [3.05, 3.63) is 42.1 Å². The molecule has 1 aromatic carbocycles. The number of carbonyl (C=O) groups is 1. The van der Waals surface area contributed by atoms with Crippen LogP contribution in [0.25, 0.3) is 11.3 Å². The lowest BCUT2D eigenvalue weighted by Gasteiger charge is -2.10. The SMILES string of the molecule is CO[C@H](C)COC(=O)c1cnn(C)c1-c1ccccc1. The van der Waals surface area contributed by atoms with Gasteiger partial charge in [-0.1, -0.05) is 30.3 Å². The van der Waals surface area contributed by atoms with Gasteiger partial charge in [0.15, 0.2) is 0 Å². The van der Waals surface area contributed by atoms with E-state index in [1.54, 1.807) is 18.8 Å². The topological polar surface area (TPSA) is 53.4 Å². The average molecular weight is 274 g/mol. The Morgan fingerprint density at radius 2 is 2.05 bits per heavy atom. The predicted molar refractivity (Wildman–Crippen MR) is 75.4 cm³/mol. The monoisotopic (exact) mass is 274 g/mol. The number of methoxy groups -OCH3 is 1. The normalized spacial score (nSPS) is 12.2. The number of carbonyl (C=O) groups excluding carboxylic acids is 1. The third-order valence-electron chi connectivity index (χ3n) is 3.06. The maximum absolute atomic E-state index is 12.1. The Bertz CT molecular complexity index is 578. The van der Waals surface area contributed by atoms with Crippen LogP contribution in [0.2, 0.25) is 0 Å². The van der Waals surface area contributed by atoms with E-state index in [1.165, 1.54) is 6.20 Å². The van der Waals surface area contributed by atoms with Crippen LogP contribution in [-0.4, -0.2) is 35.6 Å². The largest absolute Gasteiger partial charge is 0.459 e. The third-order valence-corrected chi connectivity index (χ3v) is 3.06. The zero-order valence-electron chi connectivity index (χ0n) is 11.9. The van der Waals surface area contributed by atoms with E-state index >= 15 is 0 Å². The van der Waals surface area contributed by atoms with Crippen LogP contribution in [0.3, 0.4) is 0 Å². The molecule has 5 heteroatoms. The lowest BCUT2D eigenvalue weighted by atomic mass is 10.1. The summed E-state index contributed by atoms with van der Waals surface area (Å²) in [5.41, 5.74) is 2.14. The van der Waals surface area contributed by atoms with Gasteiger partial charge in [-0.2, -0.15) is 5.10 Å². The van der Waals surface area contributed by atoms with Crippen LogP contribution in [0.5, 0.6) is 0 Å². The number of aryl methyl sites for hydroxylation is 1. The summed E-state index contributed by atoms with van der Waals surface area (Å²) in [7, 11) is 3.38. The van der Waals surface area contributed by atoms with Crippen LogP contribution in [0, 0.1) is 0 Å². The van der Waals surface area contributed by atoms with Gasteiger partial charge in [0, 0.05) is 19.7 Å². The standard InChI is InChI=1S/C15H18N2O3/c1-11(19-3)10-20-15(18)13-9-16-17(2)14(13)12-7-5-4-6-8-12/h4-9,11H,10H2,1-3H3/t11-/m1/s1. The molecule has 0 aliphatic heterocycles. The minimum Gasteiger partial charge on any atom is -0.459 e. The number of benzene rings is 1. The molecule has 2 aromatic rings. The fourth-order valence-electron chi connectivity index (χ4n) is 1.86. The fourth-order valence-corrected chi connectivity index (χ4v) is 1.86. The zero-order chi connectivity index (χ0) is 14.5. The summed E-state index contributed by atoms with van der Waals surface area (Å²) in [6, 6.07) is 9.64. The van der Waals surface area contributed by atoms with Gasteiger partial charge in [0.1, 0.15) is 12.2 Å². The molecule has 0 radical (unpaired) electrons. The maximum atomic E-state index is 12.1. The minimum absolute atomic E-state index is 0.129. The Morgan fingerprint density at radius 3 is 2.70 bits per heavy atom. The molecule has 20 heavy (non-hydrogen) atoms. The van der Waals surface area contributed by atoms with Gasteiger partial charge in [0.25, 0.3) is 0 Å². The van der Waals surface area contributed by atoms with Crippen LogP contribution < -0.4 is 0 Å². The van der Waals surface area contributed by atoms with E-state index < -0.39 is 0 Å². The van der Waals surface area contributed by atoms with Crippen LogP contribution in [0.15, 0.2) is 36.5 Å². The van der Waals surface area contributed by atoms with Crippen LogP contribution in [0.4, 0.5) is 0 Å². The van der Waals surface area contributed by atoms with Gasteiger partial charge in [-0.3, -0.25) is 4.68 Å². The summed E-state index contributed by atoms with van der Waals surface area (Å²) < 4.78 is 12.0. The van der Waals surface area contributed by atoms with Crippen molar-refractivity contribution >= 4 is 5.97 Å². The lowest BCUT2D eigenvalue weighted by molar-refractivity contribution is 0.0170. The molecule has 2 rings (SSSR count). The first-order chi connectivity index (χ1) is 9.63. The van der Waals surface area contributed by atoms with Crippen LogP contribution in [0.1, 0.15) is 17.3 Å². The van der Waals surface area contributed by atoms with Gasteiger partial charge in [-0.25, -0.2) is 4.79 Å². The van der Waals surface area contributed by atoms with Gasteiger partial charge < -0.3 is 9.47 Å². The van der Waals surface area contributed by atoms with E-state index in [4.69, 9.17) is 9.47 Å². The van der Waals surface area contributed by atoms with Crippen molar-refractivity contribution in [3.8, 4) is 11.3 Å². The van der Waals surface area contributed by atoms with Crippen molar-refractivity contribution in [1.29, 1.82) is 0 Å². The first-order valence-electron chi connectivity index (χ1n) is 6.40. The Labute approximate surface area is 118 Å². The van der Waals surface area contributed by atoms with Crippen molar-refractivity contribution in [2.24, 2.45) is 7.05 Å². The van der Waals surface area contributed by atoms with E-state index in [0.717, 1.165) is 11.3 Å². The second kappa shape index (κ2) is 6.34. The number of hydrogen-bond donors (Lipinski definition) is 0. The molecule has 0 amide bonds. The molecule has 0 fully saturated rings. The van der Waals surface area contributed by atoms with Crippen molar-refractivity contribution in [3.63, 3.8) is 0 Å². The molecule has 0 unspecified atom stereocenters. The molecular formula is C15H18N2O3. The zero-order valence-corrected chi connectivity index (χ0v) is 11.9. The minimum atomic E-state index is -0.388. The predicted octanol–water partition coefficient (Wildman–Crippen LogP) is 2.28. The van der Waals surface area contributed by atoms with Crippen molar-refractivity contribution in [2.45, 2.75) is 13.0 Å². The second-order valence-corrected chi connectivity index (χ2v) is 4.54. The molecule has 5 nitrogen and oxygen atoms in total. The summed E-state index contributed by atoms with van der Waals surface area (Å²) in [5.74, 6) is -0.388. The lowest BCUT2D eigenvalue weighted by Crippen LogP contribution is -2.17. The highest BCUT2D eigenvalue weighted by Gasteiger charge is 2.19. The maximum Gasteiger partial charge on any atom is 0.342 e. The summed E-state index contributed by atoms with van der Waals surface area (Å²) in [6.45, 7) is 2.06. The van der Waals surface area contributed by atoms with Gasteiger partial charge >= 0.3 is 5.97 Å². The summed E-state index contributed by atoms with van der Waals surface area (Å²) in [5, 5.41) is 4.15. The third kappa shape index (κ3) is 3.05. The molecule has 0 saturated carbocycles. The summed E-state index contributed by atoms with van der Waals surface area (Å²) in [6.07, 6.45) is 1.40. The molecule has 0 saturated heterocycles. The molecular weight excluding hydrogens is 256 g/mol. The highest BCUT2D eigenvalue weighted by molar-refractivity contribution is 5.96. The fraction of sp³-hybridized carbons (Fsp3) is 0.333. The van der Waals surface area contributed by atoms with Crippen LogP contribution >= 0.6 is 0 Å². The number of esters is 1. The van der Waals surface area contributed by atoms with Crippen LogP contribution in [-0.2, 0) is 16.5 Å². The van der Waals surface area contributed by atoms with Crippen molar-refractivity contribution in [1.82, 2.24) is 9.78 Å². The number of nitrogens with zero attached hydrogens (tertiary/aromatic N) is 2. The number of aromatic nitrogens is 2. The quantitative estimate of drug-likeness (QED) is 0.785. The Hall–Kier alpha value is -2.14. The molecule has 0 spiro atoms. The molecule has 0 aliphatic carbocycles. The number of ether oxygens (including phenoxy) is 2. The van der Waals surface area contributed by atoms with Crippen molar-refractivity contribution in [2.75, 3.05) is 13.7 Å². The van der Waals surface area contributed by atoms with Crippen molar-refractivity contribution < 1.29 is 14.3 Å². The molecule has 0 aliphatic rings. The van der Waals surface area contributed by atoms with E-state index in [1.807, 2.05) is 37.3 Å². The highest BCUT2D eigenvalue weighted by atomic mass is 16.6. The van der Waals surface area contributed by atoms with E-state index in [9.17, 15) is 4.79 Å². The number of hydrogen-bond acceptors (Lipinski definition) is 4. The smallest absolute Gasteiger partial charge is 0.342 e. The summed E-state index contributed by atoms with van der Waals surface area (Å²) in [4.78, 5) is 12.1. The Kier molecular flexibility index (Phi) is 4.53. The first kappa shape index (κ1) is 14.3. The second-order valence-electron chi connectivity index (χ2n) is 4.54. The Morgan fingerprint density at radius 1 is 1.35 bits per heavy atom. The van der Waals surface area contributed by atoms with Gasteiger partial charge in [0.05, 0.1) is 18.0 Å². The first-order valence-corrected chi connectivity index (χ1v) is 6.40. The van der Waals surface area contributed by atoms with E-state index in [-0.39, 0.29) is 18.7 Å².